The Bertz CT molecular complexity index is 1330. The lowest BCUT2D eigenvalue weighted by atomic mass is 9.88. The third-order valence-corrected chi connectivity index (χ3v) is 11.2. The van der Waals surface area contributed by atoms with E-state index < -0.39 is 66.7 Å². The number of hydrogen-bond acceptors (Lipinski definition) is 7. The van der Waals surface area contributed by atoms with Crippen molar-refractivity contribution >= 4 is 41.2 Å². The highest BCUT2D eigenvalue weighted by Gasteiger charge is 2.47. The molecule has 10 nitrogen and oxygen atoms in total. The smallest absolute Gasteiger partial charge is 0.267 e. The molecule has 2 fully saturated rings. The lowest BCUT2D eigenvalue weighted by Gasteiger charge is -2.38. The van der Waals surface area contributed by atoms with Gasteiger partial charge in [0.25, 0.3) is 17.4 Å². The maximum absolute atomic E-state index is 13.3. The molecule has 202 valence electrons. The molecule has 1 aliphatic heterocycles. The summed E-state index contributed by atoms with van der Waals surface area (Å²) >= 11 is 0. The van der Waals surface area contributed by atoms with Crippen LogP contribution in [0.1, 0.15) is 29.2 Å². The van der Waals surface area contributed by atoms with E-state index in [0.29, 0.717) is 18.8 Å². The van der Waals surface area contributed by atoms with Gasteiger partial charge < -0.3 is 15.3 Å². The molecule has 1 saturated heterocycles. The zero-order valence-electron chi connectivity index (χ0n) is 20.7. The highest BCUT2D eigenvalue weighted by molar-refractivity contribution is 7.92. The Morgan fingerprint density at radius 1 is 1.19 bits per heavy atom. The lowest BCUT2D eigenvalue weighted by molar-refractivity contribution is -0.107. The molecule has 0 radical (unpaired) electrons. The summed E-state index contributed by atoms with van der Waals surface area (Å²) in [7, 11) is -5.10. The molecule has 0 spiro atoms. The molecule has 1 aliphatic carbocycles. The first-order valence-corrected chi connectivity index (χ1v) is 17.1. The molecule has 14 heteroatoms. The van der Waals surface area contributed by atoms with E-state index in [-0.39, 0.29) is 17.1 Å². The van der Waals surface area contributed by atoms with Gasteiger partial charge in [-0.15, -0.1) is 0 Å². The molecule has 0 atom stereocenters. The SMILES string of the molecule is C[Si]1(C)CCN(c2cc(NS(=O)(=O)CCO)ccc2C(=O)Nc2ccc(=O)n(C3CC(F)(F)C3)n2)CC1. The summed E-state index contributed by atoms with van der Waals surface area (Å²) in [4.78, 5) is 27.5. The lowest BCUT2D eigenvalue weighted by Crippen LogP contribution is -2.43. The van der Waals surface area contributed by atoms with Crippen LogP contribution in [0.4, 0.5) is 26.0 Å². The molecule has 2 aromatic rings. The van der Waals surface area contributed by atoms with Gasteiger partial charge in [0, 0.05) is 32.0 Å². The van der Waals surface area contributed by atoms with Crippen LogP contribution < -0.4 is 20.5 Å². The third-order valence-electron chi connectivity index (χ3n) is 6.81. The number of halogens is 2. The second-order valence-electron chi connectivity index (χ2n) is 10.4. The zero-order valence-corrected chi connectivity index (χ0v) is 22.5. The summed E-state index contributed by atoms with van der Waals surface area (Å²) in [6.45, 7) is 5.50. The number of hydrogen-bond donors (Lipinski definition) is 3. The van der Waals surface area contributed by atoms with Gasteiger partial charge in [-0.1, -0.05) is 13.1 Å². The molecule has 2 aliphatic rings. The van der Waals surface area contributed by atoms with E-state index in [1.54, 1.807) is 6.07 Å². The third kappa shape index (κ3) is 6.54. The molecule has 3 N–H and O–H groups in total. The molecule has 0 unspecified atom stereocenters. The minimum Gasteiger partial charge on any atom is -0.395 e. The summed E-state index contributed by atoms with van der Waals surface area (Å²) in [5.41, 5.74) is 0.554. The highest BCUT2D eigenvalue weighted by atomic mass is 32.2. The molecule has 2 heterocycles. The van der Waals surface area contributed by atoms with Crippen molar-refractivity contribution < 1.29 is 27.1 Å². The highest BCUT2D eigenvalue weighted by Crippen LogP contribution is 2.44. The van der Waals surface area contributed by atoms with Crippen molar-refractivity contribution in [3.8, 4) is 0 Å². The number of sulfonamides is 1. The van der Waals surface area contributed by atoms with E-state index in [1.165, 1.54) is 24.3 Å². The Morgan fingerprint density at radius 2 is 1.86 bits per heavy atom. The largest absolute Gasteiger partial charge is 0.395 e. The number of anilines is 3. The monoisotopic (exact) mass is 555 g/mol. The predicted molar refractivity (Wildman–Crippen MR) is 140 cm³/mol. The number of aliphatic hydroxyl groups excluding tert-OH is 1. The van der Waals surface area contributed by atoms with Crippen LogP contribution in [0.5, 0.6) is 0 Å². The maximum Gasteiger partial charge on any atom is 0.267 e. The number of rotatable bonds is 8. The van der Waals surface area contributed by atoms with Crippen molar-refractivity contribution in [2.45, 2.75) is 50.0 Å². The average molecular weight is 556 g/mol. The van der Waals surface area contributed by atoms with Gasteiger partial charge in [-0.3, -0.25) is 14.3 Å². The minimum absolute atomic E-state index is 0.0469. The number of carbonyl (C=O) groups is 1. The van der Waals surface area contributed by atoms with Gasteiger partial charge in [-0.2, -0.15) is 5.10 Å². The van der Waals surface area contributed by atoms with Gasteiger partial charge in [0.2, 0.25) is 10.0 Å². The van der Waals surface area contributed by atoms with Crippen molar-refractivity contribution in [3.63, 3.8) is 0 Å². The summed E-state index contributed by atoms with van der Waals surface area (Å²) in [6.07, 6.45) is -0.965. The van der Waals surface area contributed by atoms with Gasteiger partial charge in [-0.05, 0) is 36.4 Å². The molecular weight excluding hydrogens is 524 g/mol. The molecule has 37 heavy (non-hydrogen) atoms. The van der Waals surface area contributed by atoms with Crippen LogP contribution in [-0.2, 0) is 10.0 Å². The Morgan fingerprint density at radius 3 is 2.49 bits per heavy atom. The fourth-order valence-electron chi connectivity index (χ4n) is 4.49. The standard InChI is InChI=1S/C23H31F2N5O5SSi/c1-37(2)11-7-29(8-12-37)19-13-16(28-36(34,35)10-9-31)3-4-18(19)22(33)26-20-5-6-21(32)30(27-20)17-14-23(24,25)15-17/h3-6,13,17,28,31H,7-12,14-15H2,1-2H3,(H,26,27,33). The van der Waals surface area contributed by atoms with E-state index in [1.807, 2.05) is 4.90 Å². The van der Waals surface area contributed by atoms with Crippen molar-refractivity contribution in [3.05, 3.63) is 46.2 Å². The van der Waals surface area contributed by atoms with E-state index in [9.17, 15) is 26.8 Å². The Labute approximate surface area is 214 Å². The van der Waals surface area contributed by atoms with E-state index >= 15 is 0 Å². The second-order valence-corrected chi connectivity index (χ2v) is 17.6. The van der Waals surface area contributed by atoms with Crippen molar-refractivity contribution in [2.24, 2.45) is 0 Å². The minimum atomic E-state index is -3.76. The normalized spacial score (nSPS) is 19.2. The first-order valence-electron chi connectivity index (χ1n) is 12.1. The van der Waals surface area contributed by atoms with Crippen LogP contribution in [0.2, 0.25) is 25.2 Å². The first kappa shape index (κ1) is 27.2. The maximum atomic E-state index is 13.3. The summed E-state index contributed by atoms with van der Waals surface area (Å²) in [6, 6.07) is 8.33. The number of nitrogens with one attached hydrogen (secondary N) is 2. The Kier molecular flexibility index (Phi) is 7.45. The zero-order chi connectivity index (χ0) is 27.0. The first-order chi connectivity index (χ1) is 17.3. The molecule has 1 saturated carbocycles. The van der Waals surface area contributed by atoms with Gasteiger partial charge in [0.15, 0.2) is 5.82 Å². The van der Waals surface area contributed by atoms with Crippen LogP contribution in [0.15, 0.2) is 35.1 Å². The Hall–Kier alpha value is -2.84. The van der Waals surface area contributed by atoms with Crippen LogP contribution in [0.3, 0.4) is 0 Å². The number of carbonyl (C=O) groups excluding carboxylic acids is 1. The quantitative estimate of drug-likeness (QED) is 0.427. The fraction of sp³-hybridized carbons (Fsp3) is 0.522. The van der Waals surface area contributed by atoms with E-state index in [0.717, 1.165) is 16.8 Å². The van der Waals surface area contributed by atoms with Gasteiger partial charge in [-0.25, -0.2) is 21.9 Å². The van der Waals surface area contributed by atoms with Crippen LogP contribution in [0, 0.1) is 0 Å². The second kappa shape index (κ2) is 10.1. The van der Waals surface area contributed by atoms with E-state index in [2.05, 4.69) is 28.2 Å². The molecule has 0 bridgehead atoms. The van der Waals surface area contributed by atoms with Crippen LogP contribution in [-0.4, -0.2) is 68.7 Å². The van der Waals surface area contributed by atoms with Gasteiger partial charge in [0.05, 0.1) is 43.4 Å². The molecule has 1 amide bonds. The summed E-state index contributed by atoms with van der Waals surface area (Å²) in [5.74, 6) is -3.77. The molecular formula is C23H31F2N5O5SSi. The van der Waals surface area contributed by atoms with Gasteiger partial charge >= 0.3 is 0 Å². The number of alkyl halides is 2. The fourth-order valence-corrected chi connectivity index (χ4v) is 7.32. The van der Waals surface area contributed by atoms with E-state index in [4.69, 9.17) is 5.11 Å². The molecule has 1 aromatic carbocycles. The predicted octanol–water partition coefficient (Wildman–Crippen LogP) is 2.73. The number of nitrogens with zero attached hydrogens (tertiary/aromatic N) is 3. The van der Waals surface area contributed by atoms with Crippen molar-refractivity contribution in [2.75, 3.05) is 40.4 Å². The van der Waals surface area contributed by atoms with Crippen LogP contribution >= 0.6 is 0 Å². The Balaban J connectivity index is 1.61. The van der Waals surface area contributed by atoms with Crippen LogP contribution in [0.25, 0.3) is 0 Å². The number of amides is 1. The average Bonchev–Trinajstić information content (AvgIpc) is 2.78. The van der Waals surface area contributed by atoms with Gasteiger partial charge in [0.1, 0.15) is 0 Å². The van der Waals surface area contributed by atoms with Crippen molar-refractivity contribution in [1.29, 1.82) is 0 Å². The summed E-state index contributed by atoms with van der Waals surface area (Å²) in [5, 5.41) is 15.8. The number of benzene rings is 1. The number of aliphatic hydroxyl groups is 1. The van der Waals surface area contributed by atoms with Crippen molar-refractivity contribution in [1.82, 2.24) is 9.78 Å². The topological polar surface area (TPSA) is 134 Å². The number of aromatic nitrogens is 2. The summed E-state index contributed by atoms with van der Waals surface area (Å²) < 4.78 is 54.4. The molecule has 4 rings (SSSR count). The molecule has 1 aromatic heterocycles.